The van der Waals surface area contributed by atoms with E-state index in [9.17, 15) is 5.11 Å². The van der Waals surface area contributed by atoms with Gasteiger partial charge in [0.1, 0.15) is 5.75 Å². The number of aromatic hydroxyl groups is 1. The third-order valence-corrected chi connectivity index (χ3v) is 3.45. The first-order valence-corrected chi connectivity index (χ1v) is 6.58. The number of thioether (sulfide) groups is 1. The van der Waals surface area contributed by atoms with Gasteiger partial charge in [-0.3, -0.25) is 0 Å². The first kappa shape index (κ1) is 13.4. The molecule has 3 heteroatoms. The van der Waals surface area contributed by atoms with Crippen molar-refractivity contribution in [3.8, 4) is 5.75 Å². The van der Waals surface area contributed by atoms with Crippen molar-refractivity contribution in [2.75, 3.05) is 5.75 Å². The first-order chi connectivity index (χ1) is 7.40. The van der Waals surface area contributed by atoms with Crippen LogP contribution in [0.2, 0.25) is 0 Å². The Balaban J connectivity index is 3.28. The predicted molar refractivity (Wildman–Crippen MR) is 71.1 cm³/mol. The van der Waals surface area contributed by atoms with Gasteiger partial charge in [-0.2, -0.15) is 0 Å². The van der Waals surface area contributed by atoms with Crippen LogP contribution in [0.4, 0.5) is 0 Å². The molecule has 0 saturated heterocycles. The zero-order valence-corrected chi connectivity index (χ0v) is 11.3. The maximum Gasteiger partial charge on any atom is 0.133 e. The molecule has 0 heterocycles. The Hall–Kier alpha value is -0.670. The summed E-state index contributed by atoms with van der Waals surface area (Å²) in [6.07, 6.45) is 0. The van der Waals surface area contributed by atoms with E-state index >= 15 is 0 Å². The van der Waals surface area contributed by atoms with Crippen molar-refractivity contribution in [2.24, 2.45) is 5.73 Å². The third-order valence-electron chi connectivity index (χ3n) is 2.54. The van der Waals surface area contributed by atoms with Gasteiger partial charge in [-0.05, 0) is 22.8 Å². The molecule has 1 aromatic carbocycles. The lowest BCUT2D eigenvalue weighted by molar-refractivity contribution is 0.453. The molecular weight excluding hydrogens is 218 g/mol. The van der Waals surface area contributed by atoms with Gasteiger partial charge in [0.05, 0.1) is 0 Å². The van der Waals surface area contributed by atoms with E-state index in [0.29, 0.717) is 12.3 Å². The summed E-state index contributed by atoms with van der Waals surface area (Å²) in [6, 6.07) is 4.08. The molecule has 16 heavy (non-hydrogen) atoms. The van der Waals surface area contributed by atoms with E-state index in [0.717, 1.165) is 16.2 Å². The normalized spacial score (nSPS) is 11.8. The number of hydrogen-bond donors (Lipinski definition) is 2. The Morgan fingerprint density at radius 2 is 1.94 bits per heavy atom. The quantitative estimate of drug-likeness (QED) is 0.796. The minimum absolute atomic E-state index is 0.0840. The number of rotatable bonds is 3. The summed E-state index contributed by atoms with van der Waals surface area (Å²) in [7, 11) is 0. The largest absolute Gasteiger partial charge is 0.506 e. The van der Waals surface area contributed by atoms with Crippen LogP contribution in [0.15, 0.2) is 17.0 Å². The Morgan fingerprint density at radius 3 is 2.38 bits per heavy atom. The second-order valence-corrected chi connectivity index (χ2v) is 6.18. The lowest BCUT2D eigenvalue weighted by Gasteiger charge is -2.22. The monoisotopic (exact) mass is 239 g/mol. The number of hydrogen-bond acceptors (Lipinski definition) is 3. The van der Waals surface area contributed by atoms with Crippen LogP contribution in [0.3, 0.4) is 0 Å². The van der Waals surface area contributed by atoms with E-state index in [1.54, 1.807) is 11.8 Å². The van der Waals surface area contributed by atoms with Gasteiger partial charge in [0.2, 0.25) is 0 Å². The fraction of sp³-hybridized carbons (Fsp3) is 0.538. The molecule has 0 fully saturated rings. The molecule has 90 valence electrons. The fourth-order valence-corrected chi connectivity index (χ4v) is 2.31. The molecule has 1 rings (SSSR count). The lowest BCUT2D eigenvalue weighted by atomic mass is 9.86. The summed E-state index contributed by atoms with van der Waals surface area (Å²) >= 11 is 1.66. The smallest absolute Gasteiger partial charge is 0.133 e. The topological polar surface area (TPSA) is 46.2 Å². The summed E-state index contributed by atoms with van der Waals surface area (Å²) in [5.41, 5.74) is 7.80. The SMILES string of the molecule is CCSc1cc(C(C)(C)C)cc(CN)c1O. The average molecular weight is 239 g/mol. The van der Waals surface area contributed by atoms with Gasteiger partial charge in [0.25, 0.3) is 0 Å². The molecule has 0 atom stereocenters. The molecule has 0 unspecified atom stereocenters. The Labute approximate surface area is 102 Å². The predicted octanol–water partition coefficient (Wildman–Crippen LogP) is 3.26. The molecule has 1 aromatic rings. The number of phenols is 1. The number of phenolic OH excluding ortho intramolecular Hbond substituents is 1. The summed E-state index contributed by atoms with van der Waals surface area (Å²) in [5, 5.41) is 10.0. The maximum atomic E-state index is 10.0. The number of nitrogens with two attached hydrogens (primary N) is 1. The van der Waals surface area contributed by atoms with Crippen molar-refractivity contribution in [1.82, 2.24) is 0 Å². The molecule has 0 spiro atoms. The summed E-state index contributed by atoms with van der Waals surface area (Å²) in [4.78, 5) is 0.940. The van der Waals surface area contributed by atoms with Crippen molar-refractivity contribution in [3.63, 3.8) is 0 Å². The van der Waals surface area contributed by atoms with Gasteiger partial charge in [0, 0.05) is 17.0 Å². The van der Waals surface area contributed by atoms with Crippen LogP contribution in [0.1, 0.15) is 38.8 Å². The van der Waals surface area contributed by atoms with E-state index in [-0.39, 0.29) is 5.41 Å². The van der Waals surface area contributed by atoms with Gasteiger partial charge in [-0.15, -0.1) is 11.8 Å². The average Bonchev–Trinajstić information content (AvgIpc) is 2.19. The zero-order valence-electron chi connectivity index (χ0n) is 10.5. The molecular formula is C13H21NOS. The van der Waals surface area contributed by atoms with E-state index in [2.05, 4.69) is 33.8 Å². The Kier molecular flexibility index (Phi) is 4.28. The summed E-state index contributed by atoms with van der Waals surface area (Å²) < 4.78 is 0. The molecule has 0 aromatic heterocycles. The first-order valence-electron chi connectivity index (χ1n) is 5.59. The molecule has 0 amide bonds. The van der Waals surface area contributed by atoms with Crippen molar-refractivity contribution >= 4 is 11.8 Å². The highest BCUT2D eigenvalue weighted by atomic mass is 32.2. The van der Waals surface area contributed by atoms with Crippen LogP contribution in [-0.2, 0) is 12.0 Å². The Bertz CT molecular complexity index is 369. The van der Waals surface area contributed by atoms with Gasteiger partial charge in [-0.25, -0.2) is 0 Å². The van der Waals surface area contributed by atoms with E-state index in [4.69, 9.17) is 5.73 Å². The van der Waals surface area contributed by atoms with Gasteiger partial charge < -0.3 is 10.8 Å². The van der Waals surface area contributed by atoms with Gasteiger partial charge in [0.15, 0.2) is 0 Å². The van der Waals surface area contributed by atoms with Crippen LogP contribution in [0.25, 0.3) is 0 Å². The van der Waals surface area contributed by atoms with Crippen molar-refractivity contribution in [2.45, 2.75) is 44.6 Å². The molecule has 0 aliphatic heterocycles. The molecule has 3 N–H and O–H groups in total. The zero-order chi connectivity index (χ0) is 12.3. The second kappa shape index (κ2) is 5.11. The van der Waals surface area contributed by atoms with Gasteiger partial charge >= 0.3 is 0 Å². The van der Waals surface area contributed by atoms with E-state index in [1.165, 1.54) is 5.56 Å². The molecule has 0 radical (unpaired) electrons. The highest BCUT2D eigenvalue weighted by Gasteiger charge is 2.18. The summed E-state index contributed by atoms with van der Waals surface area (Å²) in [6.45, 7) is 8.96. The molecule has 2 nitrogen and oxygen atoms in total. The van der Waals surface area contributed by atoms with Crippen molar-refractivity contribution in [3.05, 3.63) is 23.3 Å². The van der Waals surface area contributed by atoms with Crippen LogP contribution < -0.4 is 5.73 Å². The fourth-order valence-electron chi connectivity index (χ4n) is 1.52. The van der Waals surface area contributed by atoms with E-state index < -0.39 is 0 Å². The van der Waals surface area contributed by atoms with Crippen molar-refractivity contribution in [1.29, 1.82) is 0 Å². The Morgan fingerprint density at radius 1 is 1.31 bits per heavy atom. The maximum absolute atomic E-state index is 10.0. The van der Waals surface area contributed by atoms with Crippen LogP contribution >= 0.6 is 11.8 Å². The van der Waals surface area contributed by atoms with Crippen LogP contribution in [-0.4, -0.2) is 10.9 Å². The molecule has 0 saturated carbocycles. The minimum atomic E-state index is 0.0840. The van der Waals surface area contributed by atoms with Crippen LogP contribution in [0, 0.1) is 0 Å². The summed E-state index contributed by atoms with van der Waals surface area (Å²) in [5.74, 6) is 1.30. The highest BCUT2D eigenvalue weighted by molar-refractivity contribution is 7.99. The molecule has 0 aliphatic rings. The lowest BCUT2D eigenvalue weighted by Crippen LogP contribution is -2.12. The van der Waals surface area contributed by atoms with Crippen molar-refractivity contribution < 1.29 is 5.11 Å². The number of benzene rings is 1. The second-order valence-electron chi connectivity index (χ2n) is 4.87. The molecule has 0 aliphatic carbocycles. The van der Waals surface area contributed by atoms with Crippen LogP contribution in [0.5, 0.6) is 5.75 Å². The third kappa shape index (κ3) is 2.92. The highest BCUT2D eigenvalue weighted by Crippen LogP contribution is 2.36. The molecule has 0 bridgehead atoms. The standard InChI is InChI=1S/C13H21NOS/c1-5-16-11-7-10(13(2,3)4)6-9(8-14)12(11)15/h6-7,15H,5,8,14H2,1-4H3. The minimum Gasteiger partial charge on any atom is -0.506 e. The van der Waals surface area contributed by atoms with Gasteiger partial charge in [-0.1, -0.05) is 33.8 Å². The van der Waals surface area contributed by atoms with E-state index in [1.807, 2.05) is 6.07 Å².